The zero-order chi connectivity index (χ0) is 16.4. The molecule has 1 aliphatic heterocycles. The molecule has 1 fully saturated rings. The Morgan fingerprint density at radius 1 is 1.75 bits per heavy atom. The number of morpholine rings is 1. The predicted molar refractivity (Wildman–Crippen MR) is 52.8 cm³/mol. The summed E-state index contributed by atoms with van der Waals surface area (Å²) in [6, 6.07) is 0. The first-order valence-electron chi connectivity index (χ1n) is 7.37. The Bertz CT molecular complexity index is 531. The quantitative estimate of drug-likeness (QED) is 0.767. The van der Waals surface area contributed by atoms with E-state index in [4.69, 9.17) is 12.3 Å². The first-order chi connectivity index (χ1) is 9.24. The summed E-state index contributed by atoms with van der Waals surface area (Å²) in [5, 5.41) is -0.363. The van der Waals surface area contributed by atoms with Crippen LogP contribution >= 0.6 is 27.3 Å². The average molecular weight is 258 g/mol. The molecule has 0 N–H and O–H groups in total. The van der Waals surface area contributed by atoms with Gasteiger partial charge in [0.15, 0.2) is 5.13 Å². The molecule has 0 atom stereocenters. The van der Waals surface area contributed by atoms with Gasteiger partial charge in [0, 0.05) is 13.0 Å². The van der Waals surface area contributed by atoms with Crippen molar-refractivity contribution in [3.05, 3.63) is 9.96 Å². The third kappa shape index (κ3) is 1.78. The van der Waals surface area contributed by atoms with Crippen molar-refractivity contribution in [3.63, 3.8) is 0 Å². The Hall–Kier alpha value is -0.130. The second kappa shape index (κ2) is 3.72. The van der Waals surface area contributed by atoms with Gasteiger partial charge in [-0.3, -0.25) is 0 Å². The largest absolute Gasteiger partial charge is 0.378 e. The van der Waals surface area contributed by atoms with E-state index in [1.54, 1.807) is 0 Å². The van der Waals surface area contributed by atoms with Gasteiger partial charge in [-0.2, -0.15) is 0 Å². The van der Waals surface area contributed by atoms with E-state index in [1.165, 1.54) is 0 Å². The summed E-state index contributed by atoms with van der Waals surface area (Å²) in [7, 11) is 0. The van der Waals surface area contributed by atoms with E-state index in [0.29, 0.717) is 11.3 Å². The number of aromatic nitrogens is 1. The standard InChI is InChI=1S/C7H9BrN2OS/c8-6-5-9-7(12-6)10-1-3-11-4-2-10/h5H,1-4H2/i1D2,2D2,3D2,4D2,5D. The molecule has 66 valence electrons. The highest BCUT2D eigenvalue weighted by Gasteiger charge is 2.13. The Morgan fingerprint density at radius 2 is 2.50 bits per heavy atom. The van der Waals surface area contributed by atoms with Crippen LogP contribution in [-0.2, 0) is 4.74 Å². The van der Waals surface area contributed by atoms with Crippen LogP contribution in [0, 0.1) is 0 Å². The summed E-state index contributed by atoms with van der Waals surface area (Å²) in [4.78, 5) is 3.90. The van der Waals surface area contributed by atoms with E-state index in [9.17, 15) is 0 Å². The smallest absolute Gasteiger partial charge is 0.186 e. The number of nitrogens with zero attached hydrogens (tertiary/aromatic N) is 2. The summed E-state index contributed by atoms with van der Waals surface area (Å²) in [5.41, 5.74) is 0. The van der Waals surface area contributed by atoms with Gasteiger partial charge in [0.05, 0.1) is 35.4 Å². The van der Waals surface area contributed by atoms with E-state index < -0.39 is 26.1 Å². The Labute approximate surface area is 96.1 Å². The van der Waals surface area contributed by atoms with Crippen molar-refractivity contribution in [2.75, 3.05) is 31.0 Å². The zero-order valence-electron chi connectivity index (χ0n) is 14.6. The molecule has 3 nitrogen and oxygen atoms in total. The predicted octanol–water partition coefficient (Wildman–Crippen LogP) is 1.74. The molecule has 1 aromatic rings. The highest BCUT2D eigenvalue weighted by atomic mass is 79.9. The van der Waals surface area contributed by atoms with Crippen LogP contribution in [0.25, 0.3) is 0 Å². The summed E-state index contributed by atoms with van der Waals surface area (Å²) >= 11 is 3.70. The number of rotatable bonds is 1. The van der Waals surface area contributed by atoms with Gasteiger partial charge in [-0.15, -0.1) is 0 Å². The van der Waals surface area contributed by atoms with E-state index >= 15 is 0 Å². The summed E-state index contributed by atoms with van der Waals surface area (Å²) in [6.45, 7) is -12.3. The number of anilines is 1. The van der Waals surface area contributed by atoms with Gasteiger partial charge in [0.2, 0.25) is 0 Å². The van der Waals surface area contributed by atoms with Crippen LogP contribution in [0.15, 0.2) is 9.96 Å². The first-order valence-corrected chi connectivity index (χ1v) is 4.48. The van der Waals surface area contributed by atoms with Crippen LogP contribution in [0.1, 0.15) is 12.3 Å². The minimum absolute atomic E-state index is 0.191. The van der Waals surface area contributed by atoms with Crippen molar-refractivity contribution in [2.24, 2.45) is 0 Å². The minimum Gasteiger partial charge on any atom is -0.378 e. The minimum atomic E-state index is -3.12. The topological polar surface area (TPSA) is 25.4 Å². The number of thiazole rings is 1. The second-order valence-electron chi connectivity index (χ2n) is 1.75. The van der Waals surface area contributed by atoms with Gasteiger partial charge in [0.1, 0.15) is 0 Å². The van der Waals surface area contributed by atoms with Crippen LogP contribution in [0.4, 0.5) is 5.13 Å². The molecule has 1 saturated heterocycles. The molecule has 0 aliphatic carbocycles. The molecule has 5 heteroatoms. The Kier molecular flexibility index (Phi) is 0.909. The highest BCUT2D eigenvalue weighted by Crippen LogP contribution is 2.26. The van der Waals surface area contributed by atoms with Gasteiger partial charge in [-0.05, 0) is 15.9 Å². The lowest BCUT2D eigenvalue weighted by Crippen LogP contribution is -2.36. The maximum Gasteiger partial charge on any atom is 0.186 e. The van der Waals surface area contributed by atoms with Crippen LogP contribution in [0.5, 0.6) is 0 Å². The molecular formula is C7H9BrN2OS. The molecule has 0 amide bonds. The summed E-state index contributed by atoms with van der Waals surface area (Å²) < 4.78 is 73.5. The third-order valence-electron chi connectivity index (χ3n) is 1.03. The maximum absolute atomic E-state index is 7.81. The molecule has 0 bridgehead atoms. The Balaban J connectivity index is 2.67. The number of ether oxygens (including phenoxy) is 1. The molecule has 1 aliphatic rings. The van der Waals surface area contributed by atoms with Crippen molar-refractivity contribution >= 4 is 32.4 Å². The normalized spacial score (nSPS) is 46.1. The molecule has 2 heterocycles. The molecule has 2 rings (SSSR count). The Morgan fingerprint density at radius 3 is 3.08 bits per heavy atom. The maximum atomic E-state index is 7.81. The summed E-state index contributed by atoms with van der Waals surface area (Å²) in [5.74, 6) is 0. The van der Waals surface area contributed by atoms with Crippen LogP contribution in [0.2, 0.25) is 0 Å². The third-order valence-corrected chi connectivity index (χ3v) is 2.42. The van der Waals surface area contributed by atoms with Gasteiger partial charge < -0.3 is 9.64 Å². The van der Waals surface area contributed by atoms with Crippen LogP contribution < -0.4 is 4.90 Å². The summed E-state index contributed by atoms with van der Waals surface area (Å²) in [6.07, 6.45) is -0.283. The van der Waals surface area contributed by atoms with Crippen molar-refractivity contribution in [1.29, 1.82) is 0 Å². The fourth-order valence-corrected chi connectivity index (χ4v) is 1.65. The number of hydrogen-bond acceptors (Lipinski definition) is 4. The highest BCUT2D eigenvalue weighted by molar-refractivity contribution is 9.11. The lowest BCUT2D eigenvalue weighted by atomic mass is 10.5. The van der Waals surface area contributed by atoms with Gasteiger partial charge >= 0.3 is 0 Å². The van der Waals surface area contributed by atoms with Crippen LogP contribution in [0.3, 0.4) is 0 Å². The monoisotopic (exact) mass is 257 g/mol. The number of halogens is 1. The van der Waals surface area contributed by atoms with Gasteiger partial charge in [-0.25, -0.2) is 4.98 Å². The molecule has 0 saturated carbocycles. The van der Waals surface area contributed by atoms with Gasteiger partial charge in [0.25, 0.3) is 0 Å². The molecular weight excluding hydrogens is 240 g/mol. The fourth-order valence-electron chi connectivity index (χ4n) is 0.599. The SMILES string of the molecule is [2H]c1nc(N2C([2H])([2H])C([2H])([2H])OC([2H])([2H])C2([2H])[2H])sc1Br. The lowest BCUT2D eigenvalue weighted by molar-refractivity contribution is 0.122. The zero-order valence-corrected chi connectivity index (χ0v) is 7.99. The molecule has 0 spiro atoms. The molecule has 1 aromatic heterocycles. The molecule has 0 radical (unpaired) electrons. The van der Waals surface area contributed by atoms with E-state index in [1.807, 2.05) is 0 Å². The van der Waals surface area contributed by atoms with Crippen molar-refractivity contribution in [3.8, 4) is 0 Å². The second-order valence-corrected chi connectivity index (χ2v) is 4.04. The average Bonchev–Trinajstić information content (AvgIpc) is 2.54. The van der Waals surface area contributed by atoms with E-state index in [0.717, 1.165) is 0 Å². The van der Waals surface area contributed by atoms with Crippen LogP contribution in [-0.4, -0.2) is 31.1 Å². The molecule has 0 aromatic carbocycles. The first kappa shape index (κ1) is 2.93. The lowest BCUT2D eigenvalue weighted by Gasteiger charge is -2.25. The van der Waals surface area contributed by atoms with Crippen molar-refractivity contribution < 1.29 is 17.1 Å². The number of hydrogen-bond donors (Lipinski definition) is 0. The van der Waals surface area contributed by atoms with Crippen molar-refractivity contribution in [2.45, 2.75) is 0 Å². The molecule has 12 heavy (non-hydrogen) atoms. The van der Waals surface area contributed by atoms with E-state index in [-0.39, 0.29) is 20.0 Å². The van der Waals surface area contributed by atoms with Crippen molar-refractivity contribution in [1.82, 2.24) is 4.98 Å². The van der Waals surface area contributed by atoms with Gasteiger partial charge in [-0.1, -0.05) is 11.3 Å². The molecule has 0 unspecified atom stereocenters. The van der Waals surface area contributed by atoms with E-state index in [2.05, 4.69) is 25.7 Å². The fraction of sp³-hybridized carbons (Fsp3) is 0.571.